The highest BCUT2D eigenvalue weighted by Gasteiger charge is 2.24. The fraction of sp³-hybridized carbons (Fsp3) is 0.812. The van der Waals surface area contributed by atoms with Gasteiger partial charge in [-0.3, -0.25) is 4.79 Å². The molecule has 2 heteroatoms. The Morgan fingerprint density at radius 1 is 1.33 bits per heavy atom. The summed E-state index contributed by atoms with van der Waals surface area (Å²) in [7, 11) is -1.16. The van der Waals surface area contributed by atoms with Gasteiger partial charge in [0.05, 0.1) is 8.07 Å². The minimum atomic E-state index is -1.16. The lowest BCUT2D eigenvalue weighted by Crippen LogP contribution is -2.22. The second kappa shape index (κ2) is 7.27. The Morgan fingerprint density at radius 3 is 2.61 bits per heavy atom. The van der Waals surface area contributed by atoms with Crippen LogP contribution in [0.2, 0.25) is 19.6 Å². The molecule has 1 fully saturated rings. The maximum Gasteiger partial charge on any atom is 0.133 e. The summed E-state index contributed by atoms with van der Waals surface area (Å²) in [4.78, 5) is 11.7. The van der Waals surface area contributed by atoms with E-state index in [-0.39, 0.29) is 0 Å². The third-order valence-electron chi connectivity index (χ3n) is 3.69. The van der Waals surface area contributed by atoms with Crippen molar-refractivity contribution in [3.8, 4) is 0 Å². The van der Waals surface area contributed by atoms with Gasteiger partial charge in [-0.05, 0) is 31.6 Å². The summed E-state index contributed by atoms with van der Waals surface area (Å²) in [5.41, 5.74) is 4.20. The molecule has 0 aromatic carbocycles. The zero-order chi connectivity index (χ0) is 13.6. The number of carbonyl (C=O) groups excluding carboxylic acids is 1. The van der Waals surface area contributed by atoms with Crippen LogP contribution >= 0.6 is 0 Å². The van der Waals surface area contributed by atoms with Crippen molar-refractivity contribution in [2.75, 3.05) is 0 Å². The lowest BCUT2D eigenvalue weighted by atomic mass is 9.82. The predicted molar refractivity (Wildman–Crippen MR) is 82.5 cm³/mol. The molecule has 1 unspecified atom stereocenters. The van der Waals surface area contributed by atoms with Gasteiger partial charge in [0.1, 0.15) is 5.78 Å². The monoisotopic (exact) mass is 266 g/mol. The van der Waals surface area contributed by atoms with Gasteiger partial charge < -0.3 is 0 Å². The molecular weight excluding hydrogens is 236 g/mol. The quantitative estimate of drug-likeness (QED) is 0.481. The summed E-state index contributed by atoms with van der Waals surface area (Å²) < 4.78 is 0. The number of Topliss-reactive ketones (excluding diaryl/α,β-unsaturated/α-hetero) is 1. The molecule has 1 saturated carbocycles. The molecule has 104 valence electrons. The van der Waals surface area contributed by atoms with Crippen LogP contribution in [0.5, 0.6) is 0 Å². The van der Waals surface area contributed by atoms with E-state index in [1.807, 2.05) is 0 Å². The number of hydrogen-bond donors (Lipinski definition) is 0. The standard InChI is InChI=1S/C16H30OSi/c1-5-6-7-9-15(13-18(2,3)4)14-10-8-11-16(17)12-14/h13-14H,5-12H2,1-4H3/b15-13+. The maximum atomic E-state index is 11.7. The lowest BCUT2D eigenvalue weighted by Gasteiger charge is -2.26. The first-order chi connectivity index (χ1) is 8.42. The number of carbonyl (C=O) groups is 1. The van der Waals surface area contributed by atoms with E-state index in [9.17, 15) is 4.79 Å². The van der Waals surface area contributed by atoms with Crippen molar-refractivity contribution in [1.82, 2.24) is 0 Å². The van der Waals surface area contributed by atoms with Crippen LogP contribution in [0.25, 0.3) is 0 Å². The van der Waals surface area contributed by atoms with Crippen LogP contribution < -0.4 is 0 Å². The Labute approximate surface area is 114 Å². The summed E-state index contributed by atoms with van der Waals surface area (Å²) in [5.74, 6) is 1.07. The highest BCUT2D eigenvalue weighted by Crippen LogP contribution is 2.32. The first kappa shape index (κ1) is 15.7. The summed E-state index contributed by atoms with van der Waals surface area (Å²) in [6, 6.07) is 0. The van der Waals surface area contributed by atoms with E-state index in [0.29, 0.717) is 11.7 Å². The number of allylic oxidation sites excluding steroid dienone is 1. The van der Waals surface area contributed by atoms with Gasteiger partial charge in [0, 0.05) is 12.8 Å². The van der Waals surface area contributed by atoms with E-state index in [1.165, 1.54) is 32.1 Å². The van der Waals surface area contributed by atoms with Crippen molar-refractivity contribution < 1.29 is 4.79 Å². The van der Waals surface area contributed by atoms with Crippen molar-refractivity contribution in [3.63, 3.8) is 0 Å². The first-order valence-electron chi connectivity index (χ1n) is 7.65. The van der Waals surface area contributed by atoms with Crippen molar-refractivity contribution in [2.45, 2.75) is 77.9 Å². The first-order valence-corrected chi connectivity index (χ1v) is 11.2. The molecule has 1 nitrogen and oxygen atoms in total. The van der Waals surface area contributed by atoms with Gasteiger partial charge in [-0.1, -0.05) is 50.7 Å². The molecule has 1 aliphatic rings. The number of rotatable bonds is 6. The average molecular weight is 267 g/mol. The van der Waals surface area contributed by atoms with E-state index in [4.69, 9.17) is 0 Å². The predicted octanol–water partition coefficient (Wildman–Crippen LogP) is 5.13. The zero-order valence-electron chi connectivity index (χ0n) is 12.7. The molecule has 1 atom stereocenters. The Bertz CT molecular complexity index is 299. The summed E-state index contributed by atoms with van der Waals surface area (Å²) >= 11 is 0. The fourth-order valence-corrected chi connectivity index (χ4v) is 4.36. The molecule has 0 aromatic rings. The van der Waals surface area contributed by atoms with E-state index < -0.39 is 8.07 Å². The molecule has 0 radical (unpaired) electrons. The second-order valence-electron chi connectivity index (χ2n) is 6.87. The molecule has 0 aliphatic heterocycles. The molecule has 18 heavy (non-hydrogen) atoms. The van der Waals surface area contributed by atoms with Crippen molar-refractivity contribution in [3.05, 3.63) is 11.3 Å². The molecule has 0 spiro atoms. The van der Waals surface area contributed by atoms with Crippen molar-refractivity contribution in [2.24, 2.45) is 5.92 Å². The van der Waals surface area contributed by atoms with E-state index >= 15 is 0 Å². The minimum Gasteiger partial charge on any atom is -0.300 e. The molecule has 0 saturated heterocycles. The molecule has 0 N–H and O–H groups in total. The molecule has 1 rings (SSSR count). The molecule has 0 aromatic heterocycles. The van der Waals surface area contributed by atoms with Crippen LogP contribution in [0.4, 0.5) is 0 Å². The van der Waals surface area contributed by atoms with Gasteiger partial charge in [-0.25, -0.2) is 0 Å². The third kappa shape index (κ3) is 5.99. The lowest BCUT2D eigenvalue weighted by molar-refractivity contribution is -0.121. The van der Waals surface area contributed by atoms with E-state index in [0.717, 1.165) is 19.3 Å². The Kier molecular flexibility index (Phi) is 6.34. The zero-order valence-corrected chi connectivity index (χ0v) is 13.7. The third-order valence-corrected chi connectivity index (χ3v) is 4.93. The van der Waals surface area contributed by atoms with Crippen molar-refractivity contribution in [1.29, 1.82) is 0 Å². The van der Waals surface area contributed by atoms with Gasteiger partial charge in [-0.2, -0.15) is 0 Å². The smallest absolute Gasteiger partial charge is 0.133 e. The van der Waals surface area contributed by atoms with E-state index in [1.54, 1.807) is 5.57 Å². The molecular formula is C16H30OSi. The molecule has 0 amide bonds. The highest BCUT2D eigenvalue weighted by atomic mass is 28.3. The molecule has 1 aliphatic carbocycles. The van der Waals surface area contributed by atoms with Gasteiger partial charge >= 0.3 is 0 Å². The van der Waals surface area contributed by atoms with Gasteiger partial charge in [0.25, 0.3) is 0 Å². The van der Waals surface area contributed by atoms with Gasteiger partial charge in [-0.15, -0.1) is 0 Å². The largest absolute Gasteiger partial charge is 0.300 e. The van der Waals surface area contributed by atoms with Crippen LogP contribution in [0.1, 0.15) is 58.3 Å². The highest BCUT2D eigenvalue weighted by molar-refractivity contribution is 6.81. The van der Waals surface area contributed by atoms with Crippen molar-refractivity contribution >= 4 is 13.9 Å². The summed E-state index contributed by atoms with van der Waals surface area (Å²) in [5, 5.41) is 0. The topological polar surface area (TPSA) is 17.1 Å². The summed E-state index contributed by atoms with van der Waals surface area (Å²) in [6.07, 6.45) is 9.14. The Hall–Kier alpha value is -0.373. The second-order valence-corrected chi connectivity index (χ2v) is 11.9. The van der Waals surface area contributed by atoms with Gasteiger partial charge in [0.15, 0.2) is 0 Å². The Morgan fingerprint density at radius 2 is 2.06 bits per heavy atom. The maximum absolute atomic E-state index is 11.7. The Balaban J connectivity index is 2.69. The number of unbranched alkanes of at least 4 members (excludes halogenated alkanes) is 2. The molecule has 0 bridgehead atoms. The van der Waals surface area contributed by atoms with Gasteiger partial charge in [0.2, 0.25) is 0 Å². The average Bonchev–Trinajstić information content (AvgIpc) is 2.26. The fourth-order valence-electron chi connectivity index (χ4n) is 2.87. The SMILES string of the molecule is CCCCC/C(=C\[Si](C)(C)C)C1CCCC(=O)C1. The number of ketones is 1. The van der Waals surface area contributed by atoms with Crippen LogP contribution in [0.15, 0.2) is 11.3 Å². The summed E-state index contributed by atoms with van der Waals surface area (Å²) in [6.45, 7) is 9.46. The number of hydrogen-bond acceptors (Lipinski definition) is 1. The van der Waals surface area contributed by atoms with Crippen LogP contribution in [0.3, 0.4) is 0 Å². The van der Waals surface area contributed by atoms with Crippen LogP contribution in [-0.2, 0) is 4.79 Å². The normalized spacial score (nSPS) is 22.3. The van der Waals surface area contributed by atoms with E-state index in [2.05, 4.69) is 32.3 Å². The minimum absolute atomic E-state index is 0.489. The molecule has 0 heterocycles. The van der Waals surface area contributed by atoms with Crippen LogP contribution in [-0.4, -0.2) is 13.9 Å². The van der Waals surface area contributed by atoms with Crippen LogP contribution in [0, 0.1) is 5.92 Å².